The topological polar surface area (TPSA) is 62.1 Å². The molecule has 1 N–H and O–H groups in total. The zero-order valence-corrected chi connectivity index (χ0v) is 12.6. The molecule has 1 aromatic carbocycles. The number of carbonyl (C=O) groups is 1. The Morgan fingerprint density at radius 1 is 1.22 bits per heavy atom. The first-order valence-electron chi connectivity index (χ1n) is 7.77. The highest BCUT2D eigenvalue weighted by Crippen LogP contribution is 2.33. The molecule has 1 aliphatic heterocycles. The number of benzene rings is 1. The van der Waals surface area contributed by atoms with Crippen molar-refractivity contribution in [3.63, 3.8) is 0 Å². The molecule has 4 rings (SSSR count). The van der Waals surface area contributed by atoms with Gasteiger partial charge >= 0.3 is 0 Å². The minimum atomic E-state index is 0.0461. The number of aromatic amines is 1. The van der Waals surface area contributed by atoms with Crippen LogP contribution in [0, 0.1) is 0 Å². The van der Waals surface area contributed by atoms with E-state index in [1.54, 1.807) is 12.5 Å². The molecule has 1 fully saturated rings. The van der Waals surface area contributed by atoms with Crippen molar-refractivity contribution in [1.82, 2.24) is 15.1 Å². The molecule has 2 aromatic heterocycles. The smallest absolute Gasteiger partial charge is 0.254 e. The van der Waals surface area contributed by atoms with Gasteiger partial charge in [0, 0.05) is 18.3 Å². The average molecular weight is 307 g/mol. The number of hydrogen-bond acceptors (Lipinski definition) is 3. The number of carbonyl (C=O) groups excluding carboxylic acids is 1. The Morgan fingerprint density at radius 3 is 2.78 bits per heavy atom. The molecule has 23 heavy (non-hydrogen) atoms. The summed E-state index contributed by atoms with van der Waals surface area (Å²) in [7, 11) is 0. The first-order valence-corrected chi connectivity index (χ1v) is 7.77. The third-order valence-electron chi connectivity index (χ3n) is 4.33. The molecule has 0 radical (unpaired) electrons. The monoisotopic (exact) mass is 307 g/mol. The van der Waals surface area contributed by atoms with Crippen LogP contribution in [-0.4, -0.2) is 27.5 Å². The van der Waals surface area contributed by atoms with Crippen LogP contribution >= 0.6 is 0 Å². The molecule has 0 spiro atoms. The van der Waals surface area contributed by atoms with Crippen LogP contribution in [0.3, 0.4) is 0 Å². The standard InChI is InChI=1S/C18H17N3O2/c22-18(21-11-1-3-16(21)17-4-2-12-23-17)14-7-5-13(6-8-14)15-9-10-19-20-15/h2,4-10,12,16H,1,3,11H2,(H,19,20). The van der Waals surface area contributed by atoms with Gasteiger partial charge in [-0.3, -0.25) is 9.89 Å². The van der Waals surface area contributed by atoms with Gasteiger partial charge in [-0.1, -0.05) is 12.1 Å². The summed E-state index contributed by atoms with van der Waals surface area (Å²) in [5.41, 5.74) is 2.66. The zero-order chi connectivity index (χ0) is 15.6. The minimum Gasteiger partial charge on any atom is -0.467 e. The van der Waals surface area contributed by atoms with Crippen LogP contribution in [-0.2, 0) is 0 Å². The third-order valence-corrected chi connectivity index (χ3v) is 4.33. The van der Waals surface area contributed by atoms with Gasteiger partial charge in [-0.15, -0.1) is 0 Å². The highest BCUT2D eigenvalue weighted by molar-refractivity contribution is 5.95. The lowest BCUT2D eigenvalue weighted by Gasteiger charge is -2.23. The van der Waals surface area contributed by atoms with Gasteiger partial charge in [0.2, 0.25) is 0 Å². The minimum absolute atomic E-state index is 0.0461. The van der Waals surface area contributed by atoms with Crippen molar-refractivity contribution in [2.24, 2.45) is 0 Å². The first kappa shape index (κ1) is 13.8. The molecule has 1 amide bonds. The summed E-state index contributed by atoms with van der Waals surface area (Å²) in [4.78, 5) is 14.7. The highest BCUT2D eigenvalue weighted by atomic mass is 16.3. The van der Waals surface area contributed by atoms with Crippen LogP contribution in [0.1, 0.15) is 35.0 Å². The summed E-state index contributed by atoms with van der Waals surface area (Å²) in [5.74, 6) is 0.921. The fraction of sp³-hybridized carbons (Fsp3) is 0.222. The Kier molecular flexibility index (Phi) is 3.46. The van der Waals surface area contributed by atoms with Gasteiger partial charge in [0.05, 0.1) is 18.0 Å². The number of hydrogen-bond donors (Lipinski definition) is 1. The Balaban J connectivity index is 1.56. The first-order chi connectivity index (χ1) is 11.3. The van der Waals surface area contributed by atoms with Gasteiger partial charge in [0.1, 0.15) is 5.76 Å². The SMILES string of the molecule is O=C(c1ccc(-c2ccn[nH]2)cc1)N1CCCC1c1ccco1. The zero-order valence-electron chi connectivity index (χ0n) is 12.6. The Morgan fingerprint density at radius 2 is 2.09 bits per heavy atom. The fourth-order valence-corrected chi connectivity index (χ4v) is 3.16. The second-order valence-electron chi connectivity index (χ2n) is 5.72. The number of furan rings is 1. The highest BCUT2D eigenvalue weighted by Gasteiger charge is 2.32. The number of nitrogens with one attached hydrogen (secondary N) is 1. The average Bonchev–Trinajstić information content (AvgIpc) is 3.35. The maximum Gasteiger partial charge on any atom is 0.254 e. The van der Waals surface area contributed by atoms with Crippen LogP contribution in [0.25, 0.3) is 11.3 Å². The van der Waals surface area contributed by atoms with E-state index in [4.69, 9.17) is 4.42 Å². The molecular weight excluding hydrogens is 290 g/mol. The van der Waals surface area contributed by atoms with Crippen molar-refractivity contribution < 1.29 is 9.21 Å². The quantitative estimate of drug-likeness (QED) is 0.803. The van der Waals surface area contributed by atoms with Crippen molar-refractivity contribution >= 4 is 5.91 Å². The largest absolute Gasteiger partial charge is 0.467 e. The molecule has 1 unspecified atom stereocenters. The summed E-state index contributed by atoms with van der Waals surface area (Å²) in [6, 6.07) is 13.4. The third kappa shape index (κ3) is 2.54. The maximum atomic E-state index is 12.8. The molecule has 1 saturated heterocycles. The van der Waals surface area contributed by atoms with Gasteiger partial charge in [-0.05, 0) is 48.7 Å². The maximum absolute atomic E-state index is 12.8. The summed E-state index contributed by atoms with van der Waals surface area (Å²) < 4.78 is 5.50. The number of likely N-dealkylation sites (tertiary alicyclic amines) is 1. The molecule has 3 heterocycles. The lowest BCUT2D eigenvalue weighted by molar-refractivity contribution is 0.0720. The van der Waals surface area contributed by atoms with Crippen molar-refractivity contribution in [3.8, 4) is 11.3 Å². The van der Waals surface area contributed by atoms with Gasteiger partial charge in [-0.25, -0.2) is 0 Å². The normalized spacial score (nSPS) is 17.6. The Labute approximate surface area is 133 Å². The number of H-pyrrole nitrogens is 1. The van der Waals surface area contributed by atoms with Crippen LogP contribution in [0.4, 0.5) is 0 Å². The molecule has 0 bridgehead atoms. The molecule has 1 atom stereocenters. The van der Waals surface area contributed by atoms with E-state index in [9.17, 15) is 4.79 Å². The molecule has 5 nitrogen and oxygen atoms in total. The van der Waals surface area contributed by atoms with E-state index in [2.05, 4.69) is 10.2 Å². The van der Waals surface area contributed by atoms with E-state index in [-0.39, 0.29) is 11.9 Å². The van der Waals surface area contributed by atoms with Crippen LogP contribution < -0.4 is 0 Å². The molecule has 5 heteroatoms. The van der Waals surface area contributed by atoms with E-state index in [0.717, 1.165) is 36.4 Å². The summed E-state index contributed by atoms with van der Waals surface area (Å²) in [6.45, 7) is 0.770. The van der Waals surface area contributed by atoms with Gasteiger partial charge in [0.15, 0.2) is 0 Å². The number of amides is 1. The van der Waals surface area contributed by atoms with Gasteiger partial charge in [-0.2, -0.15) is 5.10 Å². The van der Waals surface area contributed by atoms with Gasteiger partial charge in [0.25, 0.3) is 5.91 Å². The molecule has 0 saturated carbocycles. The number of rotatable bonds is 3. The summed E-state index contributed by atoms with van der Waals surface area (Å²) in [5, 5.41) is 6.87. The van der Waals surface area contributed by atoms with E-state index >= 15 is 0 Å². The van der Waals surface area contributed by atoms with E-state index < -0.39 is 0 Å². The predicted molar refractivity (Wildman–Crippen MR) is 85.7 cm³/mol. The summed E-state index contributed by atoms with van der Waals surface area (Å²) in [6.07, 6.45) is 5.33. The number of nitrogens with zero attached hydrogens (tertiary/aromatic N) is 2. The van der Waals surface area contributed by atoms with Crippen LogP contribution in [0.15, 0.2) is 59.3 Å². The van der Waals surface area contributed by atoms with Crippen LogP contribution in [0.5, 0.6) is 0 Å². The van der Waals surface area contributed by atoms with Crippen molar-refractivity contribution in [3.05, 3.63) is 66.2 Å². The van der Waals surface area contributed by atoms with Crippen molar-refractivity contribution in [2.45, 2.75) is 18.9 Å². The number of aromatic nitrogens is 2. The van der Waals surface area contributed by atoms with Crippen molar-refractivity contribution in [2.75, 3.05) is 6.54 Å². The lowest BCUT2D eigenvalue weighted by Crippen LogP contribution is -2.30. The van der Waals surface area contributed by atoms with Crippen molar-refractivity contribution in [1.29, 1.82) is 0 Å². The predicted octanol–water partition coefficient (Wildman–Crippen LogP) is 3.65. The lowest BCUT2D eigenvalue weighted by atomic mass is 10.1. The Bertz CT molecular complexity index is 776. The summed E-state index contributed by atoms with van der Waals surface area (Å²) >= 11 is 0. The fourth-order valence-electron chi connectivity index (χ4n) is 3.16. The molecule has 1 aliphatic rings. The molecule has 0 aliphatic carbocycles. The molecule has 116 valence electrons. The van der Waals surface area contributed by atoms with E-state index in [1.807, 2.05) is 47.4 Å². The van der Waals surface area contributed by atoms with Crippen LogP contribution in [0.2, 0.25) is 0 Å². The van der Waals surface area contributed by atoms with E-state index in [1.165, 1.54) is 0 Å². The Hall–Kier alpha value is -2.82. The second kappa shape index (κ2) is 5.76. The second-order valence-corrected chi connectivity index (χ2v) is 5.72. The molecular formula is C18H17N3O2. The van der Waals surface area contributed by atoms with Gasteiger partial charge < -0.3 is 9.32 Å². The van der Waals surface area contributed by atoms with E-state index in [0.29, 0.717) is 5.56 Å². The molecule has 3 aromatic rings.